The summed E-state index contributed by atoms with van der Waals surface area (Å²) in [6.45, 7) is -0.846. The molecule has 3 N–H and O–H groups in total. The van der Waals surface area contributed by atoms with Crippen LogP contribution < -0.4 is 20.1 Å². The van der Waals surface area contributed by atoms with Crippen LogP contribution in [0.1, 0.15) is 54.2 Å². The number of ether oxygens (including phenoxy) is 2. The highest BCUT2D eigenvalue weighted by atomic mass is 19.4. The quantitative estimate of drug-likeness (QED) is 0.184. The molecule has 16 heteroatoms. The summed E-state index contributed by atoms with van der Waals surface area (Å²) in [4.78, 5) is 35.3. The summed E-state index contributed by atoms with van der Waals surface area (Å²) in [6.07, 6.45) is -9.22. The average Bonchev–Trinajstić information content (AvgIpc) is 3.72. The van der Waals surface area contributed by atoms with E-state index in [1.807, 2.05) is 0 Å². The number of nitrogens with one attached hydrogen (secondary N) is 2. The Morgan fingerprint density at radius 3 is 2.33 bits per heavy atom. The maximum Gasteiger partial charge on any atom is 0.424 e. The molecule has 1 fully saturated rings. The van der Waals surface area contributed by atoms with Crippen molar-refractivity contribution in [3.05, 3.63) is 83.4 Å². The number of benzene rings is 2. The monoisotopic (exact) mass is 720 g/mol. The number of amides is 2. The van der Waals surface area contributed by atoms with Gasteiger partial charge in [-0.25, -0.2) is 9.37 Å². The predicted octanol–water partition coefficient (Wildman–Crippen LogP) is 6.27. The molecule has 3 heterocycles. The Balaban J connectivity index is 1.43. The Labute approximate surface area is 286 Å². The second-order valence-corrected chi connectivity index (χ2v) is 12.9. The van der Waals surface area contributed by atoms with Crippen LogP contribution in [0, 0.1) is 5.82 Å². The fourth-order valence-corrected chi connectivity index (χ4v) is 6.49. The topological polar surface area (TPSA) is 123 Å². The molecule has 1 saturated carbocycles. The Bertz CT molecular complexity index is 2000. The fourth-order valence-electron chi connectivity index (χ4n) is 6.49. The van der Waals surface area contributed by atoms with Crippen molar-refractivity contribution >= 4 is 22.7 Å². The first-order valence-electron chi connectivity index (χ1n) is 15.8. The van der Waals surface area contributed by atoms with Crippen LogP contribution in [0.15, 0.2) is 60.8 Å². The number of hydrogen-bond donors (Lipinski definition) is 3. The van der Waals surface area contributed by atoms with Crippen LogP contribution in [0.3, 0.4) is 0 Å². The van der Waals surface area contributed by atoms with E-state index < -0.39 is 65.4 Å². The van der Waals surface area contributed by atoms with Crippen molar-refractivity contribution < 1.29 is 54.9 Å². The zero-order valence-corrected chi connectivity index (χ0v) is 27.1. The van der Waals surface area contributed by atoms with E-state index in [1.165, 1.54) is 44.5 Å². The molecule has 2 aromatic carbocycles. The molecule has 0 spiro atoms. The fraction of sp³-hybridized carbons (Fsp3) is 0.371. The van der Waals surface area contributed by atoms with Gasteiger partial charge in [-0.1, -0.05) is 18.9 Å². The van der Waals surface area contributed by atoms with Crippen LogP contribution in [0.5, 0.6) is 11.5 Å². The van der Waals surface area contributed by atoms with E-state index in [2.05, 4.69) is 20.6 Å². The van der Waals surface area contributed by atoms with Gasteiger partial charge in [0.05, 0.1) is 19.3 Å². The van der Waals surface area contributed by atoms with Gasteiger partial charge in [0.15, 0.2) is 0 Å². The van der Waals surface area contributed by atoms with Crippen molar-refractivity contribution in [1.29, 1.82) is 0 Å². The van der Waals surface area contributed by atoms with E-state index in [0.29, 0.717) is 10.9 Å². The number of rotatable bonds is 8. The molecule has 0 bridgehead atoms. The molecule has 6 rings (SSSR count). The second-order valence-electron chi connectivity index (χ2n) is 12.9. The SMILES string of the molecule is COc1cc(C(=O)NC[C@](O)(c2cc3c(c(-c4ccc(F)cc4)n2)OC[C@]3(C)C(=O)NC2(C(F)(F)F)CCCC2)C(F)(F)F)cc2cccnc12. The molecule has 2 amide bonds. The minimum Gasteiger partial charge on any atom is -0.494 e. The lowest BCUT2D eigenvalue weighted by Crippen LogP contribution is -2.60. The zero-order chi connectivity index (χ0) is 37.0. The standard InChI is InChI=1S/C35H31F7N4O5/c1-31(30(48)46-32(34(37,38)39)11-3-4-12-32)18-51-28-23(31)16-25(45-27(28)19-7-9-22(36)10-8-19)33(49,35(40,41)42)17-44-29(47)21-14-20-6-5-13-43-26(20)24(15-21)50-2/h5-10,13-16,49H,3-4,11-12,17-18H2,1-2H3,(H,44,47)(H,46,48)/t31-,33-/m0/s1. The first-order chi connectivity index (χ1) is 23.9. The van der Waals surface area contributed by atoms with E-state index in [-0.39, 0.29) is 59.6 Å². The summed E-state index contributed by atoms with van der Waals surface area (Å²) in [5.74, 6) is -2.95. The summed E-state index contributed by atoms with van der Waals surface area (Å²) in [5.41, 5.74) is -9.88. The van der Waals surface area contributed by atoms with Gasteiger partial charge in [-0.05, 0) is 68.3 Å². The molecule has 51 heavy (non-hydrogen) atoms. The molecule has 1 aliphatic carbocycles. The molecule has 2 aromatic heterocycles. The minimum atomic E-state index is -5.51. The van der Waals surface area contributed by atoms with Crippen LogP contribution in [0.2, 0.25) is 0 Å². The van der Waals surface area contributed by atoms with Gasteiger partial charge in [0.2, 0.25) is 11.5 Å². The van der Waals surface area contributed by atoms with Crippen molar-refractivity contribution in [1.82, 2.24) is 20.6 Å². The number of fused-ring (bicyclic) bond motifs is 2. The highest BCUT2D eigenvalue weighted by molar-refractivity contribution is 6.00. The van der Waals surface area contributed by atoms with E-state index in [0.717, 1.165) is 18.2 Å². The van der Waals surface area contributed by atoms with Crippen LogP contribution >= 0.6 is 0 Å². The summed E-state index contributed by atoms with van der Waals surface area (Å²) >= 11 is 0. The number of halogens is 7. The van der Waals surface area contributed by atoms with Crippen molar-refractivity contribution in [3.63, 3.8) is 0 Å². The van der Waals surface area contributed by atoms with Gasteiger partial charge < -0.3 is 25.2 Å². The Kier molecular flexibility index (Phi) is 8.89. The summed E-state index contributed by atoms with van der Waals surface area (Å²) in [7, 11) is 1.32. The average molecular weight is 721 g/mol. The van der Waals surface area contributed by atoms with Crippen molar-refractivity contribution in [2.45, 2.75) is 61.5 Å². The lowest BCUT2D eigenvalue weighted by Gasteiger charge is -2.36. The second kappa shape index (κ2) is 12.7. The number of carbonyl (C=O) groups is 2. The van der Waals surface area contributed by atoms with Crippen LogP contribution in [0.4, 0.5) is 30.7 Å². The Hall–Kier alpha value is -4.99. The lowest BCUT2D eigenvalue weighted by atomic mass is 9.80. The van der Waals surface area contributed by atoms with Crippen molar-refractivity contribution in [3.8, 4) is 22.8 Å². The number of aliphatic hydroxyl groups is 1. The van der Waals surface area contributed by atoms with Crippen LogP contribution in [0.25, 0.3) is 22.2 Å². The maximum absolute atomic E-state index is 15.0. The summed E-state index contributed by atoms with van der Waals surface area (Å²) < 4.78 is 113. The smallest absolute Gasteiger partial charge is 0.424 e. The third-order valence-electron chi connectivity index (χ3n) is 9.59. The van der Waals surface area contributed by atoms with E-state index in [1.54, 1.807) is 12.1 Å². The van der Waals surface area contributed by atoms with E-state index in [9.17, 15) is 45.4 Å². The number of methoxy groups -OCH3 is 1. The molecule has 9 nitrogen and oxygen atoms in total. The van der Waals surface area contributed by atoms with E-state index in [4.69, 9.17) is 9.47 Å². The summed E-state index contributed by atoms with van der Waals surface area (Å²) in [5, 5.41) is 16.1. The Morgan fingerprint density at radius 1 is 1.02 bits per heavy atom. The molecule has 0 unspecified atom stereocenters. The van der Waals surface area contributed by atoms with Gasteiger partial charge >= 0.3 is 12.4 Å². The van der Waals surface area contributed by atoms with Gasteiger partial charge in [-0.2, -0.15) is 26.3 Å². The highest BCUT2D eigenvalue weighted by Gasteiger charge is 2.60. The van der Waals surface area contributed by atoms with Crippen LogP contribution in [-0.2, 0) is 15.8 Å². The molecule has 1 aliphatic heterocycles. The van der Waals surface area contributed by atoms with Crippen LogP contribution in [-0.4, -0.2) is 65.0 Å². The molecule has 2 aliphatic rings. The molecule has 4 aromatic rings. The third kappa shape index (κ3) is 6.19. The van der Waals surface area contributed by atoms with Gasteiger partial charge in [0.1, 0.15) is 46.1 Å². The van der Waals surface area contributed by atoms with Crippen molar-refractivity contribution in [2.75, 3.05) is 20.3 Å². The zero-order valence-electron chi connectivity index (χ0n) is 27.1. The number of alkyl halides is 6. The van der Waals surface area contributed by atoms with E-state index >= 15 is 0 Å². The Morgan fingerprint density at radius 2 is 1.71 bits per heavy atom. The first kappa shape index (κ1) is 35.8. The van der Waals surface area contributed by atoms with Gasteiger partial charge in [0.25, 0.3) is 5.91 Å². The van der Waals surface area contributed by atoms with Gasteiger partial charge in [-0.15, -0.1) is 0 Å². The number of nitrogens with zero attached hydrogens (tertiary/aromatic N) is 2. The lowest BCUT2D eigenvalue weighted by molar-refractivity contribution is -0.265. The predicted molar refractivity (Wildman–Crippen MR) is 168 cm³/mol. The molecule has 270 valence electrons. The minimum absolute atomic E-state index is 0.0205. The number of hydrogen-bond acceptors (Lipinski definition) is 7. The molecular weight excluding hydrogens is 689 g/mol. The molecule has 2 atom stereocenters. The molecule has 0 saturated heterocycles. The normalized spacial score (nSPS) is 19.6. The highest BCUT2D eigenvalue weighted by Crippen LogP contribution is 2.49. The number of carbonyl (C=O) groups excluding carboxylic acids is 2. The number of aromatic nitrogens is 2. The first-order valence-corrected chi connectivity index (χ1v) is 15.8. The molecular formula is C35H31F7N4O5. The number of pyridine rings is 2. The third-order valence-corrected chi connectivity index (χ3v) is 9.59. The van der Waals surface area contributed by atoms with Gasteiger partial charge in [-0.3, -0.25) is 14.6 Å². The van der Waals surface area contributed by atoms with Gasteiger partial charge in [0, 0.05) is 28.3 Å². The summed E-state index contributed by atoms with van der Waals surface area (Å²) in [6, 6.07) is 10.9. The molecule has 0 radical (unpaired) electrons. The maximum atomic E-state index is 15.0. The largest absolute Gasteiger partial charge is 0.494 e. The van der Waals surface area contributed by atoms with Crippen molar-refractivity contribution in [2.24, 2.45) is 0 Å².